The number of nitrogens with zero attached hydrogens (tertiary/aromatic N) is 2. The first-order chi connectivity index (χ1) is 11.8. The SMILES string of the molecule is CCNC(=NCc1ccc(C)cc1C)NCc1nc(C(F)(F)F)cs1.I. The van der Waals surface area contributed by atoms with Gasteiger partial charge in [0.1, 0.15) is 5.01 Å². The van der Waals surface area contributed by atoms with Crippen molar-refractivity contribution in [3.8, 4) is 0 Å². The van der Waals surface area contributed by atoms with Gasteiger partial charge >= 0.3 is 6.18 Å². The van der Waals surface area contributed by atoms with Gasteiger partial charge in [-0.1, -0.05) is 23.8 Å². The number of alkyl halides is 3. The highest BCUT2D eigenvalue weighted by molar-refractivity contribution is 14.0. The minimum Gasteiger partial charge on any atom is -0.357 e. The van der Waals surface area contributed by atoms with E-state index in [4.69, 9.17) is 0 Å². The number of benzene rings is 1. The smallest absolute Gasteiger partial charge is 0.357 e. The van der Waals surface area contributed by atoms with Gasteiger partial charge in [0.15, 0.2) is 11.7 Å². The molecule has 144 valence electrons. The molecule has 0 atom stereocenters. The van der Waals surface area contributed by atoms with Crippen molar-refractivity contribution in [2.75, 3.05) is 6.54 Å². The van der Waals surface area contributed by atoms with E-state index in [-0.39, 0.29) is 30.5 Å². The van der Waals surface area contributed by atoms with E-state index in [1.807, 2.05) is 32.9 Å². The Balaban J connectivity index is 0.00000338. The Morgan fingerprint density at radius 1 is 1.23 bits per heavy atom. The van der Waals surface area contributed by atoms with E-state index >= 15 is 0 Å². The van der Waals surface area contributed by atoms with Crippen molar-refractivity contribution in [3.05, 3.63) is 51.0 Å². The third kappa shape index (κ3) is 6.75. The molecule has 0 saturated heterocycles. The minimum atomic E-state index is -4.41. The molecule has 1 heterocycles. The zero-order valence-electron chi connectivity index (χ0n) is 14.8. The Morgan fingerprint density at radius 2 is 1.96 bits per heavy atom. The lowest BCUT2D eigenvalue weighted by molar-refractivity contribution is -0.140. The predicted molar refractivity (Wildman–Crippen MR) is 110 cm³/mol. The number of halogens is 4. The van der Waals surface area contributed by atoms with Crippen LogP contribution in [0.4, 0.5) is 13.2 Å². The van der Waals surface area contributed by atoms with Gasteiger partial charge < -0.3 is 10.6 Å². The Kier molecular flexibility index (Phi) is 8.81. The maximum absolute atomic E-state index is 12.6. The first kappa shape index (κ1) is 22.7. The molecule has 0 saturated carbocycles. The normalized spacial score (nSPS) is 11.8. The fourth-order valence-corrected chi connectivity index (χ4v) is 2.95. The molecule has 26 heavy (non-hydrogen) atoms. The fraction of sp³-hybridized carbons (Fsp3) is 0.412. The number of hydrogen-bond acceptors (Lipinski definition) is 3. The zero-order valence-corrected chi connectivity index (χ0v) is 17.9. The van der Waals surface area contributed by atoms with Gasteiger partial charge in [0.2, 0.25) is 0 Å². The van der Waals surface area contributed by atoms with Crippen LogP contribution in [0.25, 0.3) is 0 Å². The average molecular weight is 498 g/mol. The maximum atomic E-state index is 12.6. The number of rotatable bonds is 5. The summed E-state index contributed by atoms with van der Waals surface area (Å²) >= 11 is 0.979. The second-order valence-corrected chi connectivity index (χ2v) is 6.55. The molecule has 0 amide bonds. The lowest BCUT2D eigenvalue weighted by Gasteiger charge is -2.11. The number of aliphatic imine (C=N–C) groups is 1. The summed E-state index contributed by atoms with van der Waals surface area (Å²) in [4.78, 5) is 8.10. The second-order valence-electron chi connectivity index (χ2n) is 5.60. The van der Waals surface area contributed by atoms with Crippen LogP contribution in [0.2, 0.25) is 0 Å². The highest BCUT2D eigenvalue weighted by atomic mass is 127. The molecule has 9 heteroatoms. The van der Waals surface area contributed by atoms with Crippen LogP contribution >= 0.6 is 35.3 Å². The molecule has 1 aromatic carbocycles. The summed E-state index contributed by atoms with van der Waals surface area (Å²) in [5.41, 5.74) is 2.61. The summed E-state index contributed by atoms with van der Waals surface area (Å²) in [5.74, 6) is 0.547. The number of guanidine groups is 1. The Bertz CT molecular complexity index is 744. The number of nitrogens with one attached hydrogen (secondary N) is 2. The molecule has 0 aliphatic rings. The molecule has 0 unspecified atom stereocenters. The molecule has 0 fully saturated rings. The number of hydrogen-bond donors (Lipinski definition) is 2. The highest BCUT2D eigenvalue weighted by Crippen LogP contribution is 2.29. The summed E-state index contributed by atoms with van der Waals surface area (Å²) in [6, 6.07) is 6.17. The lowest BCUT2D eigenvalue weighted by Crippen LogP contribution is -2.36. The predicted octanol–water partition coefficient (Wildman–Crippen LogP) is 4.65. The van der Waals surface area contributed by atoms with E-state index in [1.54, 1.807) is 0 Å². The van der Waals surface area contributed by atoms with Crippen molar-refractivity contribution in [3.63, 3.8) is 0 Å². The summed E-state index contributed by atoms with van der Waals surface area (Å²) in [7, 11) is 0. The minimum absolute atomic E-state index is 0. The van der Waals surface area contributed by atoms with Crippen molar-refractivity contribution >= 4 is 41.3 Å². The summed E-state index contributed by atoms with van der Waals surface area (Å²) in [6.07, 6.45) is -4.41. The van der Waals surface area contributed by atoms with Gasteiger partial charge in [-0.15, -0.1) is 35.3 Å². The van der Waals surface area contributed by atoms with Gasteiger partial charge in [0.25, 0.3) is 0 Å². The average Bonchev–Trinajstić information content (AvgIpc) is 3.00. The van der Waals surface area contributed by atoms with Crippen LogP contribution in [0.5, 0.6) is 0 Å². The highest BCUT2D eigenvalue weighted by Gasteiger charge is 2.33. The second kappa shape index (κ2) is 10.1. The van der Waals surface area contributed by atoms with Crippen molar-refractivity contribution in [1.82, 2.24) is 15.6 Å². The van der Waals surface area contributed by atoms with Crippen LogP contribution in [-0.2, 0) is 19.3 Å². The molecular formula is C17H22F3IN4S. The third-order valence-electron chi connectivity index (χ3n) is 3.50. The van der Waals surface area contributed by atoms with E-state index in [0.29, 0.717) is 24.1 Å². The van der Waals surface area contributed by atoms with E-state index in [9.17, 15) is 13.2 Å². The lowest BCUT2D eigenvalue weighted by atomic mass is 10.1. The standard InChI is InChI=1S/C17H21F3N4S.HI/c1-4-21-16(22-8-13-6-5-11(2)7-12(13)3)23-9-15-24-14(10-25-15)17(18,19)20;/h5-7,10H,4,8-9H2,1-3H3,(H2,21,22,23);1H. The molecule has 2 N–H and O–H groups in total. The molecule has 4 nitrogen and oxygen atoms in total. The maximum Gasteiger partial charge on any atom is 0.434 e. The monoisotopic (exact) mass is 498 g/mol. The van der Waals surface area contributed by atoms with E-state index in [0.717, 1.165) is 27.8 Å². The van der Waals surface area contributed by atoms with Crippen LogP contribution in [0.1, 0.15) is 34.3 Å². The van der Waals surface area contributed by atoms with Crippen LogP contribution in [0.15, 0.2) is 28.6 Å². The Labute approximate surface area is 172 Å². The van der Waals surface area contributed by atoms with Crippen LogP contribution in [-0.4, -0.2) is 17.5 Å². The van der Waals surface area contributed by atoms with E-state index < -0.39 is 11.9 Å². The van der Waals surface area contributed by atoms with Gasteiger partial charge in [-0.25, -0.2) is 9.98 Å². The molecule has 2 rings (SSSR count). The molecule has 0 radical (unpaired) electrons. The first-order valence-electron chi connectivity index (χ1n) is 7.89. The summed E-state index contributed by atoms with van der Waals surface area (Å²) in [5, 5.41) is 7.50. The van der Waals surface area contributed by atoms with Crippen LogP contribution in [0.3, 0.4) is 0 Å². The van der Waals surface area contributed by atoms with Gasteiger partial charge in [-0.2, -0.15) is 13.2 Å². The molecule has 0 spiro atoms. The fourth-order valence-electron chi connectivity index (χ4n) is 2.21. The molecule has 0 aliphatic carbocycles. The van der Waals surface area contributed by atoms with Crippen molar-refractivity contribution in [2.24, 2.45) is 4.99 Å². The number of aromatic nitrogens is 1. The quantitative estimate of drug-likeness (QED) is 0.359. The number of thiazole rings is 1. The van der Waals surface area contributed by atoms with Crippen molar-refractivity contribution < 1.29 is 13.2 Å². The summed E-state index contributed by atoms with van der Waals surface area (Å²) < 4.78 is 37.7. The van der Waals surface area contributed by atoms with E-state index in [2.05, 4.69) is 26.7 Å². The Hall–Kier alpha value is -1.36. The van der Waals surface area contributed by atoms with Gasteiger partial charge in [0, 0.05) is 11.9 Å². The molecule has 0 bridgehead atoms. The van der Waals surface area contributed by atoms with Gasteiger partial charge in [-0.05, 0) is 31.9 Å². The molecular weight excluding hydrogens is 476 g/mol. The van der Waals surface area contributed by atoms with Crippen LogP contribution < -0.4 is 10.6 Å². The first-order valence-corrected chi connectivity index (χ1v) is 8.77. The molecule has 1 aromatic heterocycles. The largest absolute Gasteiger partial charge is 0.434 e. The van der Waals surface area contributed by atoms with E-state index in [1.165, 1.54) is 5.56 Å². The van der Waals surface area contributed by atoms with Crippen molar-refractivity contribution in [1.29, 1.82) is 0 Å². The third-order valence-corrected chi connectivity index (χ3v) is 4.35. The summed E-state index contributed by atoms with van der Waals surface area (Å²) in [6.45, 7) is 7.35. The van der Waals surface area contributed by atoms with Gasteiger partial charge in [-0.3, -0.25) is 0 Å². The topological polar surface area (TPSA) is 49.3 Å². The van der Waals surface area contributed by atoms with Crippen molar-refractivity contribution in [2.45, 2.75) is 40.0 Å². The van der Waals surface area contributed by atoms with Gasteiger partial charge in [0.05, 0.1) is 13.1 Å². The van der Waals surface area contributed by atoms with Crippen LogP contribution in [0, 0.1) is 13.8 Å². The molecule has 0 aliphatic heterocycles. The zero-order chi connectivity index (χ0) is 18.4. The number of aryl methyl sites for hydroxylation is 2. The Morgan fingerprint density at radius 3 is 2.54 bits per heavy atom. The molecule has 2 aromatic rings.